The van der Waals surface area contributed by atoms with Crippen LogP contribution in [0.3, 0.4) is 0 Å². The Hall–Kier alpha value is -6.97. The molecule has 0 aliphatic heterocycles. The van der Waals surface area contributed by atoms with Gasteiger partial charge in [0.15, 0.2) is 6.20 Å². The van der Waals surface area contributed by atoms with Crippen molar-refractivity contribution in [2.24, 2.45) is 0 Å². The minimum absolute atomic E-state index is 0.0821. The molecule has 0 bridgehead atoms. The Morgan fingerprint density at radius 1 is 0.449 bits per heavy atom. The van der Waals surface area contributed by atoms with E-state index in [9.17, 15) is 110 Å². The predicted octanol–water partition coefficient (Wildman–Crippen LogP) is 13.8. The fourth-order valence-corrected chi connectivity index (χ4v) is 8.70. The molecule has 1 aliphatic carbocycles. The highest BCUT2D eigenvalue weighted by molar-refractivity contribution is 7.20. The number of rotatable bonds is 9. The average molecular weight is 1150 g/mol. The molecule has 4 nitrogen and oxygen atoms in total. The molecule has 6 aromatic rings. The second kappa shape index (κ2) is 21.3. The van der Waals surface area contributed by atoms with Crippen molar-refractivity contribution in [2.45, 2.75) is 87.7 Å². The first-order chi connectivity index (χ1) is 35.6. The first-order valence-corrected chi connectivity index (χ1v) is 22.0. The second-order valence-corrected chi connectivity index (χ2v) is 17.6. The van der Waals surface area contributed by atoms with Crippen LogP contribution in [-0.2, 0) is 56.0 Å². The molecule has 29 heteroatoms. The third-order valence-corrected chi connectivity index (χ3v) is 12.2. The van der Waals surface area contributed by atoms with Crippen LogP contribution >= 0.6 is 0 Å². The number of hydrogen-bond donors (Lipinski definition) is 0. The van der Waals surface area contributed by atoms with E-state index in [1.807, 2.05) is 34.9 Å². The van der Waals surface area contributed by atoms with E-state index in [4.69, 9.17) is 4.74 Å². The van der Waals surface area contributed by atoms with Gasteiger partial charge in [0.2, 0.25) is 18.5 Å². The summed E-state index contributed by atoms with van der Waals surface area (Å²) in [5.74, 6) is 0.684. The number of carbonyl (C=O) groups is 1. The van der Waals surface area contributed by atoms with Crippen LogP contribution in [0, 0.1) is 0 Å². The molecule has 5 aromatic carbocycles. The molecule has 0 amide bonds. The van der Waals surface area contributed by atoms with Gasteiger partial charge in [-0.1, -0.05) is 78.9 Å². The number of nitrogens with zero attached hydrogens (tertiary/aromatic N) is 2. The summed E-state index contributed by atoms with van der Waals surface area (Å²) in [5.41, 5.74) is -29.5. The highest BCUT2D eigenvalue weighted by Crippen LogP contribution is 2.41. The van der Waals surface area contributed by atoms with E-state index >= 15 is 0 Å². The molecule has 0 saturated heterocycles. The number of halogens is 24. The Bertz CT molecular complexity index is 2670. The lowest BCUT2D eigenvalue weighted by molar-refractivity contribution is -0.684. The number of ether oxygens (including phenoxy) is 1. The van der Waals surface area contributed by atoms with Crippen molar-refractivity contribution in [1.29, 1.82) is 0 Å². The molecule has 0 radical (unpaired) electrons. The quantitative estimate of drug-likeness (QED) is 0.0627. The van der Waals surface area contributed by atoms with Gasteiger partial charge in [0.25, 0.3) is 5.88 Å². The summed E-state index contributed by atoms with van der Waals surface area (Å²) in [7, 11) is 0. The molecule has 0 atom stereocenters. The van der Waals surface area contributed by atoms with Gasteiger partial charge in [-0.25, -0.2) is 4.98 Å². The fraction of sp³-hybridized carbons (Fsp3) is 0.286. The second-order valence-electron chi connectivity index (χ2n) is 17.6. The SMILES string of the molecule is FC(F)(F)c1cc([B-](c2cc(C(F)(F)F)cc(C(F)(F)F)c2)(c2cc(C(F)(F)F)cc(C(F)(F)F)c2)c2cc(C(F)(F)F)cc(C(F)(F)F)c2)cc(C(F)(F)F)c1.O=C(C[n+]1ccnc(OC2CCCC2)c1)c1ccccc1. The first kappa shape index (κ1) is 60.3. The van der Waals surface area contributed by atoms with Crippen LogP contribution in [0.25, 0.3) is 0 Å². The largest absolute Gasteiger partial charge is 0.470 e. The molecule has 1 heterocycles. The Balaban J connectivity index is 0.000000387. The molecule has 1 fully saturated rings. The topological polar surface area (TPSA) is 43.1 Å². The van der Waals surface area contributed by atoms with Crippen LogP contribution in [0.5, 0.6) is 5.88 Å². The van der Waals surface area contributed by atoms with Gasteiger partial charge in [-0.05, 0) is 49.9 Å². The summed E-state index contributed by atoms with van der Waals surface area (Å²) < 4.78 is 349. The van der Waals surface area contributed by atoms with Crippen LogP contribution in [0.4, 0.5) is 105 Å². The number of aromatic nitrogens is 2. The van der Waals surface area contributed by atoms with E-state index in [1.165, 1.54) is 12.8 Å². The number of Topliss-reactive ketones (excluding diaryl/α,β-unsaturated/α-hetero) is 1. The summed E-state index contributed by atoms with van der Waals surface area (Å²) in [4.78, 5) is 16.4. The summed E-state index contributed by atoms with van der Waals surface area (Å²) in [6.07, 6.45) is -44.6. The summed E-state index contributed by atoms with van der Waals surface area (Å²) in [6.45, 7) is 0.299. The van der Waals surface area contributed by atoms with E-state index in [2.05, 4.69) is 4.98 Å². The minimum Gasteiger partial charge on any atom is -0.470 e. The maximum atomic E-state index is 14.2. The van der Waals surface area contributed by atoms with Crippen molar-refractivity contribution >= 4 is 33.8 Å². The molecular formula is C49H31BF24N2O2. The highest BCUT2D eigenvalue weighted by Gasteiger charge is 2.47. The monoisotopic (exact) mass is 1150 g/mol. The normalized spacial score (nSPS) is 14.5. The highest BCUT2D eigenvalue weighted by atomic mass is 19.4. The van der Waals surface area contributed by atoms with Gasteiger partial charge >= 0.3 is 49.4 Å². The number of benzene rings is 5. The molecule has 0 spiro atoms. The third-order valence-electron chi connectivity index (χ3n) is 12.2. The van der Waals surface area contributed by atoms with Crippen LogP contribution < -0.4 is 31.2 Å². The summed E-state index contributed by atoms with van der Waals surface area (Å²) in [5, 5.41) is 0. The zero-order valence-corrected chi connectivity index (χ0v) is 38.5. The van der Waals surface area contributed by atoms with E-state index in [0.717, 1.165) is 18.4 Å². The number of carbonyl (C=O) groups excluding carboxylic acids is 1. The number of ketones is 1. The van der Waals surface area contributed by atoms with E-state index in [-0.39, 0.29) is 11.9 Å². The lowest BCUT2D eigenvalue weighted by Gasteiger charge is -2.46. The maximum absolute atomic E-state index is 14.2. The van der Waals surface area contributed by atoms with Gasteiger partial charge in [-0.3, -0.25) is 4.79 Å². The number of alkyl halides is 24. The van der Waals surface area contributed by atoms with Gasteiger partial charge in [-0.15, -0.1) is 0 Å². The van der Waals surface area contributed by atoms with Crippen LogP contribution in [0.15, 0.2) is 122 Å². The summed E-state index contributed by atoms with van der Waals surface area (Å²) in [6, 6.07) is 0.511. The molecule has 1 saturated carbocycles. The standard InChI is InChI=1S/C32H12BF24.C17H19N2O2/c34-25(35,36)13-1-14(26(37,38)39)6-21(5-13)33(22-7-15(27(40,41)42)2-16(8-22)28(43,44)45,23-9-17(29(46,47)48)3-18(10-23)30(49,50)51)24-11-19(31(52,53)54)4-20(12-24)32(55,56)57;20-16(14-6-2-1-3-7-14)12-19-11-10-18-17(13-19)21-15-8-4-5-9-15/h1-12H;1-3,6-7,10-11,13,15H,4-5,8-9,12H2/q-1;+1. The Labute approximate surface area is 423 Å². The molecule has 0 N–H and O–H groups in total. The van der Waals surface area contributed by atoms with Crippen LogP contribution in [0.2, 0.25) is 0 Å². The Morgan fingerprint density at radius 3 is 1.00 bits per heavy atom. The van der Waals surface area contributed by atoms with Crippen molar-refractivity contribution in [3.63, 3.8) is 0 Å². The van der Waals surface area contributed by atoms with Gasteiger partial charge in [0, 0.05) is 5.56 Å². The van der Waals surface area contributed by atoms with Crippen molar-refractivity contribution in [1.82, 2.24) is 4.98 Å². The zero-order valence-electron chi connectivity index (χ0n) is 38.5. The molecular weight excluding hydrogens is 1120 g/mol. The van der Waals surface area contributed by atoms with E-state index in [1.54, 1.807) is 18.6 Å². The van der Waals surface area contributed by atoms with Crippen LogP contribution in [0.1, 0.15) is 80.5 Å². The van der Waals surface area contributed by atoms with Gasteiger partial charge in [0.1, 0.15) is 12.2 Å². The Morgan fingerprint density at radius 2 is 0.731 bits per heavy atom. The van der Waals surface area contributed by atoms with Crippen molar-refractivity contribution in [3.05, 3.63) is 172 Å². The third kappa shape index (κ3) is 14.2. The van der Waals surface area contributed by atoms with Gasteiger partial charge in [0.05, 0.1) is 50.7 Å². The van der Waals surface area contributed by atoms with Gasteiger partial charge in [-0.2, -0.15) is 132 Å². The molecule has 7 rings (SSSR count). The lowest BCUT2D eigenvalue weighted by Crippen LogP contribution is -2.75. The Kier molecular flexibility index (Phi) is 16.5. The molecule has 1 aliphatic rings. The minimum atomic E-state index is -6.13. The average Bonchev–Trinajstić information content (AvgIpc) is 3.83. The van der Waals surface area contributed by atoms with Crippen molar-refractivity contribution < 1.29 is 119 Å². The van der Waals surface area contributed by atoms with Crippen molar-refractivity contribution in [2.75, 3.05) is 0 Å². The molecule has 420 valence electrons. The predicted molar refractivity (Wildman–Crippen MR) is 228 cm³/mol. The zero-order chi connectivity index (χ0) is 58.4. The van der Waals surface area contributed by atoms with Crippen molar-refractivity contribution in [3.8, 4) is 5.88 Å². The maximum Gasteiger partial charge on any atom is 0.416 e. The molecule has 78 heavy (non-hydrogen) atoms. The first-order valence-electron chi connectivity index (χ1n) is 22.0. The van der Waals surface area contributed by atoms with E-state index in [0.29, 0.717) is 12.4 Å². The van der Waals surface area contributed by atoms with Crippen LogP contribution in [-0.4, -0.2) is 23.0 Å². The fourth-order valence-electron chi connectivity index (χ4n) is 8.70. The molecule has 1 aromatic heterocycles. The molecule has 0 unspecified atom stereocenters. The number of hydrogen-bond acceptors (Lipinski definition) is 3. The lowest BCUT2D eigenvalue weighted by atomic mass is 9.12. The smallest absolute Gasteiger partial charge is 0.416 e. The summed E-state index contributed by atoms with van der Waals surface area (Å²) >= 11 is 0. The van der Waals surface area contributed by atoms with E-state index < -0.39 is 195 Å². The van der Waals surface area contributed by atoms with Gasteiger partial charge < -0.3 is 4.74 Å².